The molecular formula is C28H22ClF4N3O6S. The third kappa shape index (κ3) is 8.20. The zero-order chi connectivity index (χ0) is 31.1. The smallest absolute Gasteiger partial charge is 0.487 e. The standard InChI is InChI=1S/C26H21ClFN3O4S.C2HF3O2/c27-21-9-17(4-7-22(21)34-13-15-2-1-3-16(28)8-15)31-25-24-20-6-5-18(35-19(11-32)12-33)10-23(20)36-26(24)30-14-29-25;3-2(4,5)1(6)7/h1-10,14,19,32-33H,11-13H2,(H,29,30,31);(H,6,7). The summed E-state index contributed by atoms with van der Waals surface area (Å²) in [6.45, 7) is -0.365. The van der Waals surface area contributed by atoms with Crippen molar-refractivity contribution in [1.29, 1.82) is 0 Å². The van der Waals surface area contributed by atoms with Crippen LogP contribution in [0.2, 0.25) is 5.02 Å². The molecule has 15 heteroatoms. The van der Waals surface area contributed by atoms with Gasteiger partial charge >= 0.3 is 12.1 Å². The number of nitrogens with one attached hydrogen (secondary N) is 1. The van der Waals surface area contributed by atoms with Crippen LogP contribution in [0.15, 0.2) is 67.0 Å². The summed E-state index contributed by atoms with van der Waals surface area (Å²) in [6.07, 6.45) is -4.28. The number of aliphatic carboxylic acids is 1. The van der Waals surface area contributed by atoms with Gasteiger partial charge in [0.25, 0.3) is 0 Å². The Kier molecular flexibility index (Phi) is 10.2. The summed E-state index contributed by atoms with van der Waals surface area (Å²) in [7, 11) is 0. The highest BCUT2D eigenvalue weighted by molar-refractivity contribution is 7.25. The highest BCUT2D eigenvalue weighted by atomic mass is 35.5. The molecule has 0 amide bonds. The van der Waals surface area contributed by atoms with E-state index in [4.69, 9.17) is 31.0 Å². The predicted molar refractivity (Wildman–Crippen MR) is 153 cm³/mol. The fourth-order valence-corrected chi connectivity index (χ4v) is 5.01. The fraction of sp³-hybridized carbons (Fsp3) is 0.179. The molecule has 0 fully saturated rings. The first kappa shape index (κ1) is 31.7. The minimum atomic E-state index is -5.08. The number of hydrogen-bond acceptors (Lipinski definition) is 9. The van der Waals surface area contributed by atoms with E-state index in [1.165, 1.54) is 29.8 Å². The Morgan fingerprint density at radius 3 is 2.44 bits per heavy atom. The molecule has 0 aliphatic carbocycles. The van der Waals surface area contributed by atoms with Crippen LogP contribution in [0.25, 0.3) is 20.3 Å². The number of aromatic nitrogens is 2. The third-order valence-corrected chi connectivity index (χ3v) is 7.03. The molecule has 0 unspecified atom stereocenters. The van der Waals surface area contributed by atoms with Crippen molar-refractivity contribution in [3.8, 4) is 11.5 Å². The van der Waals surface area contributed by atoms with Gasteiger partial charge in [0, 0.05) is 15.8 Å². The number of aliphatic hydroxyl groups is 2. The van der Waals surface area contributed by atoms with Crippen LogP contribution >= 0.6 is 22.9 Å². The van der Waals surface area contributed by atoms with E-state index < -0.39 is 18.2 Å². The van der Waals surface area contributed by atoms with E-state index in [1.807, 2.05) is 18.2 Å². The van der Waals surface area contributed by atoms with E-state index in [0.717, 1.165) is 20.3 Å². The molecule has 4 N–H and O–H groups in total. The molecule has 226 valence electrons. The molecule has 0 saturated carbocycles. The van der Waals surface area contributed by atoms with Crippen LogP contribution in [0.5, 0.6) is 11.5 Å². The number of ether oxygens (including phenoxy) is 2. The lowest BCUT2D eigenvalue weighted by molar-refractivity contribution is -0.192. The second kappa shape index (κ2) is 13.8. The highest BCUT2D eigenvalue weighted by Gasteiger charge is 2.38. The van der Waals surface area contributed by atoms with Crippen LogP contribution in [0.4, 0.5) is 29.1 Å². The molecule has 43 heavy (non-hydrogen) atoms. The first-order valence-electron chi connectivity index (χ1n) is 12.3. The van der Waals surface area contributed by atoms with Crippen molar-refractivity contribution in [2.45, 2.75) is 18.9 Å². The predicted octanol–water partition coefficient (Wildman–Crippen LogP) is 6.32. The van der Waals surface area contributed by atoms with Crippen LogP contribution < -0.4 is 14.8 Å². The molecule has 9 nitrogen and oxygen atoms in total. The molecule has 5 rings (SSSR count). The molecule has 2 heterocycles. The minimum Gasteiger partial charge on any atom is -0.487 e. The van der Waals surface area contributed by atoms with Crippen molar-refractivity contribution >= 4 is 60.7 Å². The van der Waals surface area contributed by atoms with Crippen LogP contribution in [0.3, 0.4) is 0 Å². The van der Waals surface area contributed by atoms with Gasteiger partial charge in [0.1, 0.15) is 47.0 Å². The van der Waals surface area contributed by atoms with Gasteiger partial charge in [-0.3, -0.25) is 0 Å². The van der Waals surface area contributed by atoms with Crippen LogP contribution in [0.1, 0.15) is 5.56 Å². The summed E-state index contributed by atoms with van der Waals surface area (Å²) >= 11 is 7.93. The number of benzene rings is 3. The van der Waals surface area contributed by atoms with E-state index in [1.54, 1.807) is 30.3 Å². The molecule has 0 saturated heterocycles. The SMILES string of the molecule is O=C(O)C(F)(F)F.OCC(CO)Oc1ccc2c(c1)sc1ncnc(Nc3ccc(OCc4cccc(F)c4)c(Cl)c3)c12. The lowest BCUT2D eigenvalue weighted by atomic mass is 10.2. The molecular weight excluding hydrogens is 618 g/mol. The number of fused-ring (bicyclic) bond motifs is 3. The van der Waals surface area contributed by atoms with Gasteiger partial charge in [-0.05, 0) is 54.1 Å². The normalized spacial score (nSPS) is 11.3. The number of alkyl halides is 3. The number of rotatable bonds is 9. The van der Waals surface area contributed by atoms with Crippen molar-refractivity contribution < 1.29 is 47.1 Å². The van der Waals surface area contributed by atoms with Gasteiger partial charge in [-0.15, -0.1) is 11.3 Å². The van der Waals surface area contributed by atoms with E-state index in [9.17, 15) is 27.8 Å². The summed E-state index contributed by atoms with van der Waals surface area (Å²) in [4.78, 5) is 18.5. The Morgan fingerprint density at radius 1 is 1.05 bits per heavy atom. The van der Waals surface area contributed by atoms with Crippen molar-refractivity contribution in [2.75, 3.05) is 18.5 Å². The zero-order valence-electron chi connectivity index (χ0n) is 21.8. The second-order valence-electron chi connectivity index (χ2n) is 8.76. The summed E-state index contributed by atoms with van der Waals surface area (Å²) in [5, 5.41) is 31.2. The van der Waals surface area contributed by atoms with Crippen molar-refractivity contribution in [3.63, 3.8) is 0 Å². The van der Waals surface area contributed by atoms with Crippen molar-refractivity contribution in [2.24, 2.45) is 0 Å². The molecule has 3 aromatic carbocycles. The van der Waals surface area contributed by atoms with Gasteiger partial charge in [0.2, 0.25) is 0 Å². The molecule has 2 aromatic heterocycles. The minimum absolute atomic E-state index is 0.195. The summed E-state index contributed by atoms with van der Waals surface area (Å²) in [6, 6.07) is 17.1. The van der Waals surface area contributed by atoms with E-state index in [-0.39, 0.29) is 25.6 Å². The average Bonchev–Trinajstić information content (AvgIpc) is 3.34. The second-order valence-corrected chi connectivity index (χ2v) is 10.2. The van der Waals surface area contributed by atoms with Gasteiger partial charge < -0.3 is 30.1 Å². The Morgan fingerprint density at radius 2 is 1.79 bits per heavy atom. The number of carboxylic acid groups (broad SMARTS) is 1. The number of hydrogen-bond donors (Lipinski definition) is 4. The number of nitrogens with zero attached hydrogens (tertiary/aromatic N) is 2. The molecule has 0 aliphatic rings. The molecule has 0 spiro atoms. The molecule has 0 aliphatic heterocycles. The third-order valence-electron chi connectivity index (χ3n) is 5.67. The maximum absolute atomic E-state index is 13.4. The van der Waals surface area contributed by atoms with Crippen molar-refractivity contribution in [3.05, 3.63) is 83.4 Å². The van der Waals surface area contributed by atoms with Crippen LogP contribution in [0, 0.1) is 5.82 Å². The number of thiophene rings is 1. The van der Waals surface area contributed by atoms with E-state index in [2.05, 4.69) is 15.3 Å². The van der Waals surface area contributed by atoms with Crippen LogP contribution in [-0.2, 0) is 11.4 Å². The quantitative estimate of drug-likeness (QED) is 0.137. The van der Waals surface area contributed by atoms with E-state index in [0.29, 0.717) is 33.6 Å². The molecule has 5 aromatic rings. The van der Waals surface area contributed by atoms with Gasteiger partial charge in [-0.1, -0.05) is 23.7 Å². The summed E-state index contributed by atoms with van der Waals surface area (Å²) in [5.74, 6) is -1.43. The van der Waals surface area contributed by atoms with Crippen LogP contribution in [-0.4, -0.2) is 56.8 Å². The summed E-state index contributed by atoms with van der Waals surface area (Å²) in [5.41, 5.74) is 1.42. The molecule has 0 atom stereocenters. The fourth-order valence-electron chi connectivity index (χ4n) is 3.70. The largest absolute Gasteiger partial charge is 0.490 e. The Bertz CT molecular complexity index is 1730. The number of aliphatic hydroxyl groups excluding tert-OH is 2. The first-order valence-corrected chi connectivity index (χ1v) is 13.5. The maximum atomic E-state index is 13.4. The highest BCUT2D eigenvalue weighted by Crippen LogP contribution is 2.39. The lowest BCUT2D eigenvalue weighted by Gasteiger charge is -2.14. The topological polar surface area (TPSA) is 134 Å². The van der Waals surface area contributed by atoms with Gasteiger partial charge in [-0.25, -0.2) is 19.2 Å². The Hall–Kier alpha value is -4.24. The van der Waals surface area contributed by atoms with E-state index >= 15 is 0 Å². The molecule has 0 radical (unpaired) electrons. The lowest BCUT2D eigenvalue weighted by Crippen LogP contribution is -2.25. The Labute approximate surface area is 249 Å². The molecule has 0 bridgehead atoms. The number of carboxylic acids is 1. The Balaban J connectivity index is 0.000000541. The number of anilines is 2. The summed E-state index contributed by atoms with van der Waals surface area (Å²) < 4.78 is 57.5. The monoisotopic (exact) mass is 639 g/mol. The van der Waals surface area contributed by atoms with Gasteiger partial charge in [0.15, 0.2) is 0 Å². The number of carbonyl (C=O) groups is 1. The first-order chi connectivity index (χ1) is 20.5. The van der Waals surface area contributed by atoms with Crippen molar-refractivity contribution in [1.82, 2.24) is 9.97 Å². The van der Waals surface area contributed by atoms with Gasteiger partial charge in [0.05, 0.1) is 23.6 Å². The maximum Gasteiger partial charge on any atom is 0.490 e. The average molecular weight is 640 g/mol. The van der Waals surface area contributed by atoms with Gasteiger partial charge in [-0.2, -0.15) is 13.2 Å². The zero-order valence-corrected chi connectivity index (χ0v) is 23.4. The number of halogens is 5.